The minimum atomic E-state index is -0.779. The number of aliphatic hydroxyl groups excluding tert-OH is 1. The maximum absolute atomic E-state index is 13.4. The van der Waals surface area contributed by atoms with Crippen molar-refractivity contribution in [1.29, 1.82) is 5.26 Å². The second-order valence-electron chi connectivity index (χ2n) is 3.84. The Labute approximate surface area is 98.7 Å². The van der Waals surface area contributed by atoms with Gasteiger partial charge in [0.2, 0.25) is 0 Å². The number of hydrogen-bond donors (Lipinski definition) is 2. The van der Waals surface area contributed by atoms with Crippen LogP contribution in [0, 0.1) is 23.0 Å². The van der Waals surface area contributed by atoms with Crippen molar-refractivity contribution in [3.8, 4) is 6.07 Å². The van der Waals surface area contributed by atoms with Crippen molar-refractivity contribution in [2.75, 3.05) is 11.9 Å². The van der Waals surface area contributed by atoms with Crippen molar-refractivity contribution in [2.24, 2.45) is 0 Å². The third-order valence-electron chi connectivity index (χ3n) is 2.27. The lowest BCUT2D eigenvalue weighted by Crippen LogP contribution is -2.09. The fourth-order valence-corrected chi connectivity index (χ4v) is 1.42. The molecule has 5 heteroatoms. The van der Waals surface area contributed by atoms with Gasteiger partial charge in [0.05, 0.1) is 17.7 Å². The summed E-state index contributed by atoms with van der Waals surface area (Å²) in [5, 5.41) is 20.2. The molecule has 1 atom stereocenters. The van der Waals surface area contributed by atoms with E-state index in [0.717, 1.165) is 12.1 Å². The summed E-state index contributed by atoms with van der Waals surface area (Å²) in [6.45, 7) is 2.02. The Kier molecular flexibility index (Phi) is 4.85. The summed E-state index contributed by atoms with van der Waals surface area (Å²) in [6, 6.07) is 3.65. The van der Waals surface area contributed by atoms with Crippen LogP contribution in [0.4, 0.5) is 14.5 Å². The number of anilines is 1. The van der Waals surface area contributed by atoms with Crippen LogP contribution in [-0.4, -0.2) is 17.8 Å². The summed E-state index contributed by atoms with van der Waals surface area (Å²) in [4.78, 5) is 0. The molecule has 0 saturated carbocycles. The van der Waals surface area contributed by atoms with Gasteiger partial charge in [0.25, 0.3) is 0 Å². The average Bonchev–Trinajstić information content (AvgIpc) is 2.26. The molecule has 0 aliphatic rings. The highest BCUT2D eigenvalue weighted by atomic mass is 19.1. The molecule has 0 amide bonds. The molecule has 1 aromatic rings. The number of benzene rings is 1. The van der Waals surface area contributed by atoms with Crippen molar-refractivity contribution < 1.29 is 13.9 Å². The molecule has 0 heterocycles. The van der Waals surface area contributed by atoms with Crippen molar-refractivity contribution in [3.05, 3.63) is 29.3 Å². The van der Waals surface area contributed by atoms with E-state index in [4.69, 9.17) is 10.4 Å². The van der Waals surface area contributed by atoms with Gasteiger partial charge in [-0.15, -0.1) is 0 Å². The summed E-state index contributed by atoms with van der Waals surface area (Å²) in [5.41, 5.74) is -0.274. The largest absolute Gasteiger partial charge is 0.393 e. The molecule has 3 nitrogen and oxygen atoms in total. The van der Waals surface area contributed by atoms with Gasteiger partial charge in [-0.25, -0.2) is 8.78 Å². The smallest absolute Gasteiger partial charge is 0.150 e. The van der Waals surface area contributed by atoms with E-state index < -0.39 is 17.7 Å². The van der Waals surface area contributed by atoms with Gasteiger partial charge in [0, 0.05) is 6.54 Å². The predicted octanol–water partition coefficient (Wildman–Crippen LogP) is 2.41. The summed E-state index contributed by atoms with van der Waals surface area (Å²) in [7, 11) is 0. The predicted molar refractivity (Wildman–Crippen MR) is 60.5 cm³/mol. The number of hydrogen-bond acceptors (Lipinski definition) is 3. The molecule has 0 bridgehead atoms. The second kappa shape index (κ2) is 6.16. The van der Waals surface area contributed by atoms with E-state index in [1.54, 1.807) is 13.0 Å². The quantitative estimate of drug-likeness (QED) is 0.777. The summed E-state index contributed by atoms with van der Waals surface area (Å²) >= 11 is 0. The molecule has 0 aliphatic heterocycles. The second-order valence-corrected chi connectivity index (χ2v) is 3.84. The molecule has 1 unspecified atom stereocenters. The molecule has 92 valence electrons. The normalized spacial score (nSPS) is 11.9. The molecule has 1 aromatic carbocycles. The zero-order valence-corrected chi connectivity index (χ0v) is 9.50. The van der Waals surface area contributed by atoms with Crippen molar-refractivity contribution >= 4 is 5.69 Å². The van der Waals surface area contributed by atoms with Crippen molar-refractivity contribution in [2.45, 2.75) is 25.9 Å². The molecule has 0 fully saturated rings. The van der Waals surface area contributed by atoms with Gasteiger partial charge in [0.1, 0.15) is 5.69 Å². The number of aliphatic hydroxyl groups is 1. The van der Waals surface area contributed by atoms with Crippen LogP contribution in [0.15, 0.2) is 12.1 Å². The van der Waals surface area contributed by atoms with Gasteiger partial charge in [-0.1, -0.05) is 0 Å². The Morgan fingerprint density at radius 2 is 2.00 bits per heavy atom. The van der Waals surface area contributed by atoms with Crippen LogP contribution in [0.5, 0.6) is 0 Å². The maximum Gasteiger partial charge on any atom is 0.150 e. The van der Waals surface area contributed by atoms with Gasteiger partial charge >= 0.3 is 0 Å². The number of nitrogens with zero attached hydrogens (tertiary/aromatic N) is 1. The van der Waals surface area contributed by atoms with Crippen LogP contribution in [0.25, 0.3) is 0 Å². The zero-order valence-electron chi connectivity index (χ0n) is 9.50. The number of nitriles is 1. The van der Waals surface area contributed by atoms with Crippen LogP contribution in [0.1, 0.15) is 25.3 Å². The maximum atomic E-state index is 13.4. The summed E-state index contributed by atoms with van der Waals surface area (Å²) < 4.78 is 26.8. The SMILES string of the molecule is CC(O)CCCNc1c(F)cc(C#N)cc1F. The van der Waals surface area contributed by atoms with Crippen LogP contribution >= 0.6 is 0 Å². The Bertz CT molecular complexity index is 404. The lowest BCUT2D eigenvalue weighted by atomic mass is 10.2. The highest BCUT2D eigenvalue weighted by Gasteiger charge is 2.10. The Balaban J connectivity index is 2.63. The van der Waals surface area contributed by atoms with E-state index >= 15 is 0 Å². The molecule has 17 heavy (non-hydrogen) atoms. The van der Waals surface area contributed by atoms with Crippen molar-refractivity contribution in [1.82, 2.24) is 0 Å². The minimum absolute atomic E-state index is 0.0467. The molecule has 0 saturated heterocycles. The van der Waals surface area contributed by atoms with Gasteiger partial charge in [-0.05, 0) is 31.9 Å². The lowest BCUT2D eigenvalue weighted by molar-refractivity contribution is 0.183. The highest BCUT2D eigenvalue weighted by molar-refractivity contribution is 5.50. The molecular weight excluding hydrogens is 226 g/mol. The van der Waals surface area contributed by atoms with Gasteiger partial charge < -0.3 is 10.4 Å². The molecule has 2 N–H and O–H groups in total. The molecule has 0 aromatic heterocycles. The van der Waals surface area contributed by atoms with Crippen molar-refractivity contribution in [3.63, 3.8) is 0 Å². The Morgan fingerprint density at radius 3 is 2.47 bits per heavy atom. The number of halogens is 2. The van der Waals surface area contributed by atoms with E-state index in [0.29, 0.717) is 19.4 Å². The van der Waals surface area contributed by atoms with Crippen LogP contribution < -0.4 is 5.32 Å². The van der Waals surface area contributed by atoms with E-state index in [1.807, 2.05) is 0 Å². The van der Waals surface area contributed by atoms with Crippen LogP contribution in [0.2, 0.25) is 0 Å². The fraction of sp³-hybridized carbons (Fsp3) is 0.417. The standard InChI is InChI=1S/C12H14F2N2O/c1-8(17)3-2-4-16-12-10(13)5-9(7-15)6-11(12)14/h5-6,8,16-17H,2-4H2,1H3. The topological polar surface area (TPSA) is 56.0 Å². The van der Waals surface area contributed by atoms with E-state index in [-0.39, 0.29) is 11.3 Å². The van der Waals surface area contributed by atoms with E-state index in [2.05, 4.69) is 5.32 Å². The van der Waals surface area contributed by atoms with E-state index in [9.17, 15) is 8.78 Å². The first kappa shape index (κ1) is 13.4. The monoisotopic (exact) mass is 240 g/mol. The first-order chi connectivity index (χ1) is 8.04. The highest BCUT2D eigenvalue weighted by Crippen LogP contribution is 2.20. The average molecular weight is 240 g/mol. The fourth-order valence-electron chi connectivity index (χ4n) is 1.42. The zero-order chi connectivity index (χ0) is 12.8. The first-order valence-electron chi connectivity index (χ1n) is 5.35. The third-order valence-corrected chi connectivity index (χ3v) is 2.27. The molecule has 0 radical (unpaired) electrons. The number of nitrogens with one attached hydrogen (secondary N) is 1. The minimum Gasteiger partial charge on any atom is -0.393 e. The van der Waals surface area contributed by atoms with Crippen LogP contribution in [0.3, 0.4) is 0 Å². The van der Waals surface area contributed by atoms with Gasteiger partial charge in [-0.3, -0.25) is 0 Å². The lowest BCUT2D eigenvalue weighted by Gasteiger charge is -2.09. The number of rotatable bonds is 5. The summed E-state index contributed by atoms with van der Waals surface area (Å²) in [6.07, 6.45) is 0.746. The van der Waals surface area contributed by atoms with Gasteiger partial charge in [0.15, 0.2) is 11.6 Å². The molecule has 0 spiro atoms. The van der Waals surface area contributed by atoms with Crippen LogP contribution in [-0.2, 0) is 0 Å². The molecular formula is C12H14F2N2O. The van der Waals surface area contributed by atoms with E-state index in [1.165, 1.54) is 0 Å². The third kappa shape index (κ3) is 4.00. The Morgan fingerprint density at radius 1 is 1.41 bits per heavy atom. The van der Waals surface area contributed by atoms with Gasteiger partial charge in [-0.2, -0.15) is 5.26 Å². The molecule has 1 rings (SSSR count). The first-order valence-corrected chi connectivity index (χ1v) is 5.35. The summed E-state index contributed by atoms with van der Waals surface area (Å²) in [5.74, 6) is -1.56. The molecule has 0 aliphatic carbocycles. The Hall–Kier alpha value is -1.67.